The molecule has 3 nitrogen and oxygen atoms in total. The number of nitrogens with zero attached hydrogens (tertiary/aromatic N) is 1. The molecule has 19 heavy (non-hydrogen) atoms. The van der Waals surface area contributed by atoms with E-state index in [0.29, 0.717) is 11.1 Å². The Balaban J connectivity index is 3.24. The van der Waals surface area contributed by atoms with E-state index in [1.54, 1.807) is 6.92 Å². The van der Waals surface area contributed by atoms with Gasteiger partial charge >= 0.3 is 5.97 Å². The van der Waals surface area contributed by atoms with Crippen molar-refractivity contribution >= 4 is 21.9 Å². The van der Waals surface area contributed by atoms with Crippen LogP contribution in [-0.4, -0.2) is 12.6 Å². The molecule has 0 aliphatic heterocycles. The monoisotopic (exact) mass is 331 g/mol. The topological polar surface area (TPSA) is 50.1 Å². The molecule has 0 saturated carbocycles. The Hall–Kier alpha value is -1.48. The number of hydrogen-bond donors (Lipinski definition) is 0. The first-order valence-corrected chi connectivity index (χ1v) is 6.71. The fraction of sp³-hybridized carbons (Fsp3) is 0.385. The van der Waals surface area contributed by atoms with Gasteiger partial charge in [0.05, 0.1) is 24.7 Å². The highest BCUT2D eigenvalue weighted by molar-refractivity contribution is 9.08. The maximum atomic E-state index is 12.9. The van der Waals surface area contributed by atoms with Crippen LogP contribution in [0.1, 0.15) is 35.6 Å². The highest BCUT2D eigenvalue weighted by Gasteiger charge is 2.19. The quantitative estimate of drug-likeness (QED) is 0.613. The Morgan fingerprint density at radius 1 is 1.53 bits per heavy atom. The molecule has 102 valence electrons. The lowest BCUT2D eigenvalue weighted by Crippen LogP contribution is -2.10. The Labute approximate surface area is 118 Å². The predicted molar refractivity (Wildman–Crippen MR) is 69.1 cm³/mol. The molecule has 6 heteroatoms. The molecule has 0 saturated heterocycles. The summed E-state index contributed by atoms with van der Waals surface area (Å²) in [5.41, 5.74) is 0.612. The molecule has 1 aromatic carbocycles. The molecule has 0 N–H and O–H groups in total. The number of carbonyl (C=O) groups is 1. The maximum Gasteiger partial charge on any atom is 0.310 e. The van der Waals surface area contributed by atoms with E-state index in [2.05, 4.69) is 15.9 Å². The molecule has 1 rings (SSSR count). The second kappa shape index (κ2) is 7.19. The highest BCUT2D eigenvalue weighted by Crippen LogP contribution is 2.29. The van der Waals surface area contributed by atoms with Crippen molar-refractivity contribution in [3.63, 3.8) is 0 Å². The van der Waals surface area contributed by atoms with Crippen molar-refractivity contribution in [2.45, 2.75) is 25.1 Å². The second-order valence-electron chi connectivity index (χ2n) is 3.73. The van der Waals surface area contributed by atoms with E-state index >= 15 is 0 Å². The number of ether oxygens (including phenoxy) is 1. The summed E-state index contributed by atoms with van der Waals surface area (Å²) in [5.74, 6) is -0.500. The van der Waals surface area contributed by atoms with Gasteiger partial charge in [-0.25, -0.2) is 8.78 Å². The average molecular weight is 332 g/mol. The SMILES string of the molecule is CCOC(=O)Cc1cc(C#N)cc(C(F)F)c1CBr. The van der Waals surface area contributed by atoms with Crippen LogP contribution >= 0.6 is 15.9 Å². The molecule has 0 bridgehead atoms. The summed E-state index contributed by atoms with van der Waals surface area (Å²) in [6.07, 6.45) is -2.81. The van der Waals surface area contributed by atoms with Crippen molar-refractivity contribution in [1.29, 1.82) is 5.26 Å². The lowest BCUT2D eigenvalue weighted by atomic mass is 9.97. The number of rotatable bonds is 5. The van der Waals surface area contributed by atoms with Gasteiger partial charge in [-0.1, -0.05) is 15.9 Å². The molecule has 0 spiro atoms. The Bertz CT molecular complexity index is 512. The van der Waals surface area contributed by atoms with Crippen LogP contribution in [0.4, 0.5) is 8.78 Å². The van der Waals surface area contributed by atoms with E-state index in [9.17, 15) is 13.6 Å². The van der Waals surface area contributed by atoms with Crippen molar-refractivity contribution < 1.29 is 18.3 Å². The molecular weight excluding hydrogens is 320 g/mol. The Morgan fingerprint density at radius 2 is 2.21 bits per heavy atom. The third-order valence-corrected chi connectivity index (χ3v) is 3.08. The van der Waals surface area contributed by atoms with Crippen LogP contribution in [0.2, 0.25) is 0 Å². The highest BCUT2D eigenvalue weighted by atomic mass is 79.9. The van der Waals surface area contributed by atoms with Crippen LogP contribution in [0.5, 0.6) is 0 Å². The molecule has 0 atom stereocenters. The van der Waals surface area contributed by atoms with Gasteiger partial charge in [-0.15, -0.1) is 0 Å². The van der Waals surface area contributed by atoms with Gasteiger partial charge in [0.2, 0.25) is 0 Å². The van der Waals surface area contributed by atoms with E-state index < -0.39 is 12.4 Å². The molecule has 0 unspecified atom stereocenters. The standard InChI is InChI=1S/C13H12BrF2NO2/c1-2-19-12(18)5-9-3-8(7-17)4-10(13(15)16)11(9)6-14/h3-4,13H,2,5-6H2,1H3. The molecule has 0 heterocycles. The summed E-state index contributed by atoms with van der Waals surface area (Å²) in [4.78, 5) is 11.5. The first kappa shape index (κ1) is 15.6. The van der Waals surface area contributed by atoms with Gasteiger partial charge in [0, 0.05) is 10.9 Å². The smallest absolute Gasteiger partial charge is 0.310 e. The van der Waals surface area contributed by atoms with E-state index in [1.807, 2.05) is 6.07 Å². The second-order valence-corrected chi connectivity index (χ2v) is 4.29. The summed E-state index contributed by atoms with van der Waals surface area (Å²) in [5, 5.41) is 9.03. The van der Waals surface area contributed by atoms with Crippen molar-refractivity contribution in [3.05, 3.63) is 34.4 Å². The number of benzene rings is 1. The van der Waals surface area contributed by atoms with Gasteiger partial charge in [0.25, 0.3) is 6.43 Å². The molecule has 0 fully saturated rings. The maximum absolute atomic E-state index is 12.9. The molecular formula is C13H12BrF2NO2. The largest absolute Gasteiger partial charge is 0.466 e. The molecule has 1 aromatic rings. The summed E-state index contributed by atoms with van der Waals surface area (Å²) < 4.78 is 30.7. The zero-order valence-electron chi connectivity index (χ0n) is 10.3. The van der Waals surface area contributed by atoms with Crippen LogP contribution in [0.15, 0.2) is 12.1 Å². The van der Waals surface area contributed by atoms with Gasteiger partial charge in [-0.05, 0) is 30.2 Å². The van der Waals surface area contributed by atoms with Crippen LogP contribution < -0.4 is 0 Å². The fourth-order valence-electron chi connectivity index (χ4n) is 1.70. The minimum Gasteiger partial charge on any atom is -0.466 e. The number of alkyl halides is 3. The van der Waals surface area contributed by atoms with Gasteiger partial charge in [0.1, 0.15) is 0 Å². The van der Waals surface area contributed by atoms with Gasteiger partial charge in [0.15, 0.2) is 0 Å². The summed E-state index contributed by atoms with van der Waals surface area (Å²) in [7, 11) is 0. The van der Waals surface area contributed by atoms with Gasteiger partial charge < -0.3 is 4.74 Å². The zero-order valence-corrected chi connectivity index (χ0v) is 11.8. The average Bonchev–Trinajstić information content (AvgIpc) is 2.37. The fourth-order valence-corrected chi connectivity index (χ4v) is 2.39. The van der Waals surface area contributed by atoms with E-state index in [0.717, 1.165) is 6.07 Å². The lowest BCUT2D eigenvalue weighted by Gasteiger charge is -2.13. The van der Waals surface area contributed by atoms with Crippen molar-refractivity contribution in [3.8, 4) is 6.07 Å². The van der Waals surface area contributed by atoms with Crippen molar-refractivity contribution in [2.75, 3.05) is 6.61 Å². The molecule has 0 amide bonds. The van der Waals surface area contributed by atoms with E-state index in [4.69, 9.17) is 10.00 Å². The van der Waals surface area contributed by atoms with E-state index in [1.165, 1.54) is 6.07 Å². The first-order valence-electron chi connectivity index (χ1n) is 5.59. The predicted octanol–water partition coefficient (Wildman–Crippen LogP) is 3.50. The Morgan fingerprint density at radius 3 is 2.68 bits per heavy atom. The third-order valence-electron chi connectivity index (χ3n) is 2.51. The molecule has 0 aliphatic rings. The molecule has 0 radical (unpaired) electrons. The third kappa shape index (κ3) is 4.00. The van der Waals surface area contributed by atoms with Crippen LogP contribution in [0.3, 0.4) is 0 Å². The lowest BCUT2D eigenvalue weighted by molar-refractivity contribution is -0.142. The van der Waals surface area contributed by atoms with Crippen molar-refractivity contribution in [2.24, 2.45) is 0 Å². The van der Waals surface area contributed by atoms with Crippen LogP contribution in [0.25, 0.3) is 0 Å². The van der Waals surface area contributed by atoms with Crippen LogP contribution in [-0.2, 0) is 21.3 Å². The minimum absolute atomic E-state index is 0.110. The number of hydrogen-bond acceptors (Lipinski definition) is 3. The van der Waals surface area contributed by atoms with E-state index in [-0.39, 0.29) is 29.5 Å². The van der Waals surface area contributed by atoms with Crippen molar-refractivity contribution in [1.82, 2.24) is 0 Å². The summed E-state index contributed by atoms with van der Waals surface area (Å²) in [6.45, 7) is 1.89. The summed E-state index contributed by atoms with van der Waals surface area (Å²) in [6, 6.07) is 4.41. The number of halogens is 3. The normalized spacial score (nSPS) is 10.3. The zero-order chi connectivity index (χ0) is 14.4. The van der Waals surface area contributed by atoms with Gasteiger partial charge in [-0.2, -0.15) is 5.26 Å². The molecule has 0 aliphatic carbocycles. The number of nitriles is 1. The number of esters is 1. The first-order chi connectivity index (χ1) is 9.03. The summed E-state index contributed by atoms with van der Waals surface area (Å²) >= 11 is 3.13. The minimum atomic E-state index is -2.69. The Kier molecular flexibility index (Phi) is 5.90. The number of carbonyl (C=O) groups excluding carboxylic acids is 1. The van der Waals surface area contributed by atoms with Crippen LogP contribution in [0, 0.1) is 11.3 Å². The molecule has 0 aromatic heterocycles. The van der Waals surface area contributed by atoms with Gasteiger partial charge in [-0.3, -0.25) is 4.79 Å².